The molecule has 0 aliphatic rings. The SMILES string of the molecule is C=C/C=C(\C=C)C(=C)C(=O)OCC(C)(C)COC(=O)C(=C)c1ccccc1. The van der Waals surface area contributed by atoms with E-state index in [1.807, 2.05) is 32.0 Å². The molecule has 0 amide bonds. The molecule has 0 aliphatic carbocycles. The average Bonchev–Trinajstić information content (AvgIpc) is 2.68. The molecule has 27 heavy (non-hydrogen) atoms. The fraction of sp³-hybridized carbons (Fsp3) is 0.217. The van der Waals surface area contributed by atoms with Crippen LogP contribution in [0, 0.1) is 5.41 Å². The lowest BCUT2D eigenvalue weighted by atomic mass is 9.96. The number of hydrogen-bond donors (Lipinski definition) is 0. The van der Waals surface area contributed by atoms with Crippen molar-refractivity contribution in [3.05, 3.63) is 91.6 Å². The minimum Gasteiger partial charge on any atom is -0.461 e. The van der Waals surface area contributed by atoms with Crippen molar-refractivity contribution in [2.75, 3.05) is 13.2 Å². The molecule has 4 heteroatoms. The first kappa shape index (κ1) is 21.9. The van der Waals surface area contributed by atoms with Crippen molar-refractivity contribution in [2.45, 2.75) is 13.8 Å². The molecule has 142 valence electrons. The fourth-order valence-corrected chi connectivity index (χ4v) is 2.03. The Bertz CT molecular complexity index is 767. The van der Waals surface area contributed by atoms with Crippen LogP contribution < -0.4 is 0 Å². The van der Waals surface area contributed by atoms with Crippen LogP contribution >= 0.6 is 0 Å². The predicted molar refractivity (Wildman–Crippen MR) is 109 cm³/mol. The first-order chi connectivity index (χ1) is 12.7. The monoisotopic (exact) mass is 366 g/mol. The summed E-state index contributed by atoms with van der Waals surface area (Å²) in [5, 5.41) is 0. The maximum Gasteiger partial charge on any atom is 0.338 e. The quantitative estimate of drug-likeness (QED) is 0.343. The molecule has 0 heterocycles. The molecule has 1 aromatic carbocycles. The zero-order valence-electron chi connectivity index (χ0n) is 16.0. The second-order valence-corrected chi connectivity index (χ2v) is 6.70. The molecular formula is C23H26O4. The first-order valence-electron chi connectivity index (χ1n) is 8.45. The number of esters is 2. The summed E-state index contributed by atoms with van der Waals surface area (Å²) >= 11 is 0. The third-order valence-corrected chi connectivity index (χ3v) is 3.67. The lowest BCUT2D eigenvalue weighted by Gasteiger charge is -2.24. The van der Waals surface area contributed by atoms with Crippen LogP contribution in [0.2, 0.25) is 0 Å². The van der Waals surface area contributed by atoms with Crippen LogP contribution in [0.4, 0.5) is 0 Å². The molecule has 0 fully saturated rings. The highest BCUT2D eigenvalue weighted by Crippen LogP contribution is 2.20. The summed E-state index contributed by atoms with van der Waals surface area (Å²) in [6.45, 7) is 18.5. The zero-order valence-corrected chi connectivity index (χ0v) is 16.0. The Morgan fingerprint density at radius 3 is 2.07 bits per heavy atom. The van der Waals surface area contributed by atoms with E-state index < -0.39 is 17.4 Å². The van der Waals surface area contributed by atoms with Crippen molar-refractivity contribution in [3.63, 3.8) is 0 Å². The lowest BCUT2D eigenvalue weighted by molar-refractivity contribution is -0.146. The summed E-state index contributed by atoms with van der Waals surface area (Å²) < 4.78 is 10.6. The topological polar surface area (TPSA) is 52.6 Å². The Hall–Kier alpha value is -3.14. The van der Waals surface area contributed by atoms with Crippen molar-refractivity contribution in [3.8, 4) is 0 Å². The van der Waals surface area contributed by atoms with Gasteiger partial charge in [-0.25, -0.2) is 9.59 Å². The molecular weight excluding hydrogens is 340 g/mol. The Kier molecular flexibility index (Phi) is 8.21. The van der Waals surface area contributed by atoms with Gasteiger partial charge in [0.15, 0.2) is 0 Å². The number of benzene rings is 1. The van der Waals surface area contributed by atoms with Gasteiger partial charge in [0.05, 0.1) is 24.4 Å². The summed E-state index contributed by atoms with van der Waals surface area (Å²) in [4.78, 5) is 24.3. The van der Waals surface area contributed by atoms with Crippen molar-refractivity contribution >= 4 is 17.5 Å². The van der Waals surface area contributed by atoms with Crippen LogP contribution in [0.3, 0.4) is 0 Å². The van der Waals surface area contributed by atoms with E-state index in [0.717, 1.165) is 0 Å². The number of hydrogen-bond acceptors (Lipinski definition) is 4. The number of carbonyl (C=O) groups is 2. The highest BCUT2D eigenvalue weighted by Gasteiger charge is 2.24. The van der Waals surface area contributed by atoms with Crippen molar-refractivity contribution in [2.24, 2.45) is 5.41 Å². The van der Waals surface area contributed by atoms with Gasteiger partial charge in [-0.3, -0.25) is 0 Å². The summed E-state index contributed by atoms with van der Waals surface area (Å²) in [7, 11) is 0. The Labute approximate surface area is 161 Å². The summed E-state index contributed by atoms with van der Waals surface area (Å²) in [6, 6.07) is 9.08. The Morgan fingerprint density at radius 1 is 1.00 bits per heavy atom. The minimum absolute atomic E-state index is 0.0639. The second-order valence-electron chi connectivity index (χ2n) is 6.70. The minimum atomic E-state index is -0.570. The van der Waals surface area contributed by atoms with E-state index in [9.17, 15) is 9.59 Å². The lowest BCUT2D eigenvalue weighted by Crippen LogP contribution is -2.29. The molecule has 0 saturated heterocycles. The Balaban J connectivity index is 2.57. The van der Waals surface area contributed by atoms with Crippen molar-refractivity contribution in [1.82, 2.24) is 0 Å². The van der Waals surface area contributed by atoms with Crippen LogP contribution in [-0.4, -0.2) is 25.2 Å². The van der Waals surface area contributed by atoms with Crippen LogP contribution in [0.1, 0.15) is 19.4 Å². The standard InChI is InChI=1S/C23H26O4/c1-7-12-19(8-2)17(3)21(24)26-15-23(5,6)16-27-22(25)18(4)20-13-10-9-11-14-20/h7-14H,1-4,15-16H2,5-6H3/b19-12+. The van der Waals surface area contributed by atoms with Gasteiger partial charge in [-0.2, -0.15) is 0 Å². The summed E-state index contributed by atoms with van der Waals surface area (Å²) in [6.07, 6.45) is 4.67. The highest BCUT2D eigenvalue weighted by molar-refractivity contribution is 6.15. The fourth-order valence-electron chi connectivity index (χ4n) is 2.03. The smallest absolute Gasteiger partial charge is 0.338 e. The number of ether oxygens (including phenoxy) is 2. The van der Waals surface area contributed by atoms with Crippen LogP contribution in [-0.2, 0) is 19.1 Å². The molecule has 0 bridgehead atoms. The highest BCUT2D eigenvalue weighted by atomic mass is 16.5. The molecule has 4 nitrogen and oxygen atoms in total. The van der Waals surface area contributed by atoms with Gasteiger partial charge in [0.2, 0.25) is 0 Å². The van der Waals surface area contributed by atoms with Gasteiger partial charge in [0.25, 0.3) is 0 Å². The number of carbonyl (C=O) groups excluding carboxylic acids is 2. The predicted octanol–water partition coefficient (Wildman–Crippen LogP) is 4.67. The van der Waals surface area contributed by atoms with Gasteiger partial charge in [0.1, 0.15) is 0 Å². The largest absolute Gasteiger partial charge is 0.461 e. The van der Waals surface area contributed by atoms with Gasteiger partial charge in [0, 0.05) is 5.41 Å². The van der Waals surface area contributed by atoms with E-state index in [-0.39, 0.29) is 24.4 Å². The molecule has 0 N–H and O–H groups in total. The van der Waals surface area contributed by atoms with Gasteiger partial charge >= 0.3 is 11.9 Å². The maximum absolute atomic E-state index is 12.2. The molecule has 0 aliphatic heterocycles. The summed E-state index contributed by atoms with van der Waals surface area (Å²) in [5.41, 5.74) is 1.14. The van der Waals surface area contributed by atoms with E-state index in [0.29, 0.717) is 11.1 Å². The van der Waals surface area contributed by atoms with E-state index in [2.05, 4.69) is 26.3 Å². The van der Waals surface area contributed by atoms with Gasteiger partial charge in [-0.15, -0.1) is 0 Å². The number of allylic oxidation sites excluding steroid dienone is 3. The summed E-state index contributed by atoms with van der Waals surface area (Å²) in [5.74, 6) is -1.07. The van der Waals surface area contributed by atoms with Crippen LogP contribution in [0.25, 0.3) is 5.57 Å². The van der Waals surface area contributed by atoms with Crippen LogP contribution in [0.15, 0.2) is 86.0 Å². The van der Waals surface area contributed by atoms with E-state index in [1.165, 1.54) is 6.08 Å². The van der Waals surface area contributed by atoms with Gasteiger partial charge in [-0.1, -0.05) is 88.7 Å². The average molecular weight is 366 g/mol. The molecule has 0 saturated carbocycles. The molecule has 0 radical (unpaired) electrons. The van der Waals surface area contributed by atoms with Gasteiger partial charge in [-0.05, 0) is 11.1 Å². The van der Waals surface area contributed by atoms with Crippen molar-refractivity contribution < 1.29 is 19.1 Å². The molecule has 1 aromatic rings. The third-order valence-electron chi connectivity index (χ3n) is 3.67. The molecule has 0 unspecified atom stereocenters. The second kappa shape index (κ2) is 10.1. The Morgan fingerprint density at radius 2 is 1.56 bits per heavy atom. The molecule has 1 rings (SSSR count). The zero-order chi connectivity index (χ0) is 20.4. The maximum atomic E-state index is 12.2. The molecule has 0 atom stereocenters. The van der Waals surface area contributed by atoms with E-state index in [4.69, 9.17) is 9.47 Å². The first-order valence-corrected chi connectivity index (χ1v) is 8.45. The number of rotatable bonds is 10. The molecule has 0 aromatic heterocycles. The van der Waals surface area contributed by atoms with Crippen molar-refractivity contribution in [1.29, 1.82) is 0 Å². The van der Waals surface area contributed by atoms with E-state index >= 15 is 0 Å². The third kappa shape index (κ3) is 6.94. The molecule has 0 spiro atoms. The normalized spacial score (nSPS) is 11.3. The van der Waals surface area contributed by atoms with E-state index in [1.54, 1.807) is 24.3 Å². The van der Waals surface area contributed by atoms with Gasteiger partial charge < -0.3 is 9.47 Å². The van der Waals surface area contributed by atoms with Crippen LogP contribution in [0.5, 0.6) is 0 Å².